The SMILES string of the molecule is COc1ccc(-c2cc(Cl)c(C#N)c(Cc3ccc(Oc4ccccc4)cc3)n2)cc1C(=O)O. The van der Waals surface area contributed by atoms with Gasteiger partial charge >= 0.3 is 5.97 Å². The second-order valence-corrected chi connectivity index (χ2v) is 7.79. The number of carboxylic acid groups (broad SMARTS) is 1. The van der Waals surface area contributed by atoms with Crippen molar-refractivity contribution in [3.05, 3.63) is 106 Å². The summed E-state index contributed by atoms with van der Waals surface area (Å²) in [7, 11) is 1.41. The number of nitriles is 1. The van der Waals surface area contributed by atoms with Gasteiger partial charge in [-0.25, -0.2) is 4.79 Å². The molecule has 0 saturated heterocycles. The van der Waals surface area contributed by atoms with Gasteiger partial charge in [0.05, 0.1) is 29.1 Å². The Morgan fingerprint density at radius 2 is 1.74 bits per heavy atom. The molecule has 0 saturated carbocycles. The molecule has 0 radical (unpaired) electrons. The molecule has 0 aliphatic heterocycles. The van der Waals surface area contributed by atoms with Gasteiger partial charge in [-0.3, -0.25) is 4.98 Å². The molecule has 4 aromatic rings. The summed E-state index contributed by atoms with van der Waals surface area (Å²) in [6, 6.07) is 25.4. The topological polar surface area (TPSA) is 92.4 Å². The van der Waals surface area contributed by atoms with E-state index >= 15 is 0 Å². The van der Waals surface area contributed by atoms with Crippen LogP contribution >= 0.6 is 11.6 Å². The molecule has 1 N–H and O–H groups in total. The summed E-state index contributed by atoms with van der Waals surface area (Å²) in [5.74, 6) is 0.559. The van der Waals surface area contributed by atoms with Crippen molar-refractivity contribution in [2.75, 3.05) is 7.11 Å². The molecule has 1 aromatic heterocycles. The fourth-order valence-corrected chi connectivity index (χ4v) is 3.74. The molecule has 3 aromatic carbocycles. The van der Waals surface area contributed by atoms with Crippen LogP contribution in [0.25, 0.3) is 11.3 Å². The highest BCUT2D eigenvalue weighted by molar-refractivity contribution is 6.32. The number of ether oxygens (including phenoxy) is 2. The molecule has 168 valence electrons. The van der Waals surface area contributed by atoms with E-state index in [0.29, 0.717) is 29.1 Å². The Morgan fingerprint density at radius 1 is 1.03 bits per heavy atom. The maximum Gasteiger partial charge on any atom is 0.339 e. The highest BCUT2D eigenvalue weighted by atomic mass is 35.5. The van der Waals surface area contributed by atoms with Gasteiger partial charge in [0.1, 0.15) is 28.9 Å². The number of aromatic carboxylic acids is 1. The van der Waals surface area contributed by atoms with E-state index in [2.05, 4.69) is 11.1 Å². The van der Waals surface area contributed by atoms with Gasteiger partial charge in [0.25, 0.3) is 0 Å². The van der Waals surface area contributed by atoms with Gasteiger partial charge in [-0.15, -0.1) is 0 Å². The molecule has 1 heterocycles. The van der Waals surface area contributed by atoms with E-state index in [4.69, 9.17) is 21.1 Å². The molecule has 0 fully saturated rings. The molecule has 4 rings (SSSR count). The van der Waals surface area contributed by atoms with Crippen molar-refractivity contribution in [3.63, 3.8) is 0 Å². The quantitative estimate of drug-likeness (QED) is 0.337. The number of para-hydroxylation sites is 1. The van der Waals surface area contributed by atoms with Crippen LogP contribution in [0.3, 0.4) is 0 Å². The van der Waals surface area contributed by atoms with Gasteiger partial charge in [-0.05, 0) is 54.1 Å². The fraction of sp³-hybridized carbons (Fsp3) is 0.0741. The molecule has 0 unspecified atom stereocenters. The lowest BCUT2D eigenvalue weighted by atomic mass is 10.0. The van der Waals surface area contributed by atoms with E-state index in [1.54, 1.807) is 18.2 Å². The summed E-state index contributed by atoms with van der Waals surface area (Å²) < 4.78 is 11.0. The van der Waals surface area contributed by atoms with Crippen molar-refractivity contribution in [3.8, 4) is 34.6 Å². The standard InChI is InChI=1S/C27H19ClN2O4/c1-33-26-12-9-18(14-21(26)27(31)32)24-15-23(28)22(16-29)25(30-24)13-17-7-10-20(11-8-17)34-19-5-3-2-4-6-19/h2-12,14-15H,13H2,1H3,(H,31,32). The summed E-state index contributed by atoms with van der Waals surface area (Å²) in [6.07, 6.45) is 0.365. The maximum absolute atomic E-state index is 11.6. The lowest BCUT2D eigenvalue weighted by molar-refractivity contribution is 0.0693. The number of benzene rings is 3. The highest BCUT2D eigenvalue weighted by Gasteiger charge is 2.17. The Bertz CT molecular complexity index is 1380. The lowest BCUT2D eigenvalue weighted by Gasteiger charge is -2.12. The van der Waals surface area contributed by atoms with Crippen LogP contribution in [-0.2, 0) is 6.42 Å². The molecule has 6 nitrogen and oxygen atoms in total. The number of hydrogen-bond donors (Lipinski definition) is 1. The van der Waals surface area contributed by atoms with Gasteiger partial charge in [0.2, 0.25) is 0 Å². The Morgan fingerprint density at radius 3 is 2.38 bits per heavy atom. The number of pyridine rings is 1. The third-order valence-corrected chi connectivity index (χ3v) is 5.46. The third-order valence-electron chi connectivity index (χ3n) is 5.16. The van der Waals surface area contributed by atoms with Crippen molar-refractivity contribution in [1.82, 2.24) is 4.98 Å². The normalized spacial score (nSPS) is 10.4. The lowest BCUT2D eigenvalue weighted by Crippen LogP contribution is -2.03. The molecule has 0 atom stereocenters. The van der Waals surface area contributed by atoms with Crippen LogP contribution in [0.4, 0.5) is 0 Å². The van der Waals surface area contributed by atoms with Gasteiger partial charge < -0.3 is 14.6 Å². The van der Waals surface area contributed by atoms with Crippen LogP contribution in [0.1, 0.15) is 27.2 Å². The highest BCUT2D eigenvalue weighted by Crippen LogP contribution is 2.31. The van der Waals surface area contributed by atoms with Gasteiger partial charge in [0.15, 0.2) is 0 Å². The van der Waals surface area contributed by atoms with Crippen molar-refractivity contribution in [2.24, 2.45) is 0 Å². The summed E-state index contributed by atoms with van der Waals surface area (Å²) in [5, 5.41) is 19.4. The van der Waals surface area contributed by atoms with E-state index in [1.165, 1.54) is 13.2 Å². The minimum absolute atomic E-state index is 0.0119. The van der Waals surface area contributed by atoms with Crippen LogP contribution < -0.4 is 9.47 Å². The van der Waals surface area contributed by atoms with Crippen molar-refractivity contribution < 1.29 is 19.4 Å². The average molecular weight is 471 g/mol. The van der Waals surface area contributed by atoms with E-state index < -0.39 is 5.97 Å². The zero-order chi connectivity index (χ0) is 24.1. The molecule has 0 aliphatic carbocycles. The number of methoxy groups -OCH3 is 1. The predicted molar refractivity (Wildman–Crippen MR) is 129 cm³/mol. The second-order valence-electron chi connectivity index (χ2n) is 7.38. The number of carboxylic acids is 1. The molecular formula is C27H19ClN2O4. The molecule has 0 amide bonds. The number of nitrogens with zero attached hydrogens (tertiary/aromatic N) is 2. The van der Waals surface area contributed by atoms with E-state index in [-0.39, 0.29) is 21.9 Å². The predicted octanol–water partition coefficient (Wildman–Crippen LogP) is 6.36. The summed E-state index contributed by atoms with van der Waals surface area (Å²) in [5.41, 5.74) is 2.72. The molecule has 0 aliphatic rings. The van der Waals surface area contributed by atoms with Crippen molar-refractivity contribution >= 4 is 17.6 Å². The van der Waals surface area contributed by atoms with Crippen LogP contribution in [0.15, 0.2) is 78.9 Å². The van der Waals surface area contributed by atoms with Crippen LogP contribution in [0, 0.1) is 11.3 Å². The minimum Gasteiger partial charge on any atom is -0.496 e. The first kappa shape index (κ1) is 22.8. The number of carbonyl (C=O) groups is 1. The van der Waals surface area contributed by atoms with E-state index in [0.717, 1.165) is 11.3 Å². The monoisotopic (exact) mass is 470 g/mol. The molecule has 0 spiro atoms. The average Bonchev–Trinajstić information content (AvgIpc) is 2.85. The Hall–Kier alpha value is -4.34. The number of halogens is 1. The molecule has 34 heavy (non-hydrogen) atoms. The van der Waals surface area contributed by atoms with Crippen LogP contribution in [-0.4, -0.2) is 23.2 Å². The first-order valence-corrected chi connectivity index (χ1v) is 10.7. The zero-order valence-corrected chi connectivity index (χ0v) is 18.9. The Kier molecular flexibility index (Phi) is 6.77. The molecule has 0 bridgehead atoms. The largest absolute Gasteiger partial charge is 0.496 e. The number of rotatable bonds is 7. The Labute approximate surface area is 201 Å². The third kappa shape index (κ3) is 5.01. The van der Waals surface area contributed by atoms with Crippen molar-refractivity contribution in [1.29, 1.82) is 5.26 Å². The first-order chi connectivity index (χ1) is 16.5. The number of aromatic nitrogens is 1. The van der Waals surface area contributed by atoms with E-state index in [9.17, 15) is 15.2 Å². The van der Waals surface area contributed by atoms with Crippen LogP contribution in [0.5, 0.6) is 17.2 Å². The smallest absolute Gasteiger partial charge is 0.339 e. The fourth-order valence-electron chi connectivity index (χ4n) is 3.49. The zero-order valence-electron chi connectivity index (χ0n) is 18.2. The van der Waals surface area contributed by atoms with Gasteiger partial charge in [-0.1, -0.05) is 41.9 Å². The molecular weight excluding hydrogens is 452 g/mol. The number of hydrogen-bond acceptors (Lipinski definition) is 5. The summed E-state index contributed by atoms with van der Waals surface area (Å²) in [6.45, 7) is 0. The van der Waals surface area contributed by atoms with Gasteiger partial charge in [-0.2, -0.15) is 5.26 Å². The first-order valence-electron chi connectivity index (χ1n) is 10.3. The summed E-state index contributed by atoms with van der Waals surface area (Å²) in [4.78, 5) is 16.2. The van der Waals surface area contributed by atoms with Crippen LogP contribution in [0.2, 0.25) is 5.02 Å². The van der Waals surface area contributed by atoms with Gasteiger partial charge in [0, 0.05) is 12.0 Å². The van der Waals surface area contributed by atoms with Crippen molar-refractivity contribution in [2.45, 2.75) is 6.42 Å². The second kappa shape index (κ2) is 10.1. The van der Waals surface area contributed by atoms with E-state index in [1.807, 2.05) is 54.6 Å². The maximum atomic E-state index is 11.6. The summed E-state index contributed by atoms with van der Waals surface area (Å²) >= 11 is 6.40. The Balaban J connectivity index is 1.64. The minimum atomic E-state index is -1.11. The molecule has 7 heteroatoms.